The van der Waals surface area contributed by atoms with Gasteiger partial charge in [0.2, 0.25) is 10.0 Å². The molecule has 1 saturated heterocycles. The Bertz CT molecular complexity index is 615. The fourth-order valence-corrected chi connectivity index (χ4v) is 4.49. The molecule has 1 aromatic rings. The maximum atomic E-state index is 12.4. The zero-order chi connectivity index (χ0) is 15.6. The Hall–Kier alpha value is -0.370. The Morgan fingerprint density at radius 3 is 2.76 bits per heavy atom. The molecule has 0 aromatic heterocycles. The molecule has 1 aliphatic rings. The van der Waals surface area contributed by atoms with E-state index in [1.54, 1.807) is 6.92 Å². The number of aliphatic hydroxyl groups excluding tert-OH is 1. The predicted molar refractivity (Wildman–Crippen MR) is 81.1 cm³/mol. The van der Waals surface area contributed by atoms with E-state index < -0.39 is 16.6 Å². The maximum Gasteiger partial charge on any atom is 0.242 e. The van der Waals surface area contributed by atoms with E-state index in [4.69, 9.17) is 27.9 Å². The van der Waals surface area contributed by atoms with Crippen molar-refractivity contribution in [1.82, 2.24) is 4.72 Å². The van der Waals surface area contributed by atoms with Crippen molar-refractivity contribution in [3.8, 4) is 0 Å². The summed E-state index contributed by atoms with van der Waals surface area (Å²) >= 11 is 11.9. The fourth-order valence-electron chi connectivity index (χ4n) is 2.28. The van der Waals surface area contributed by atoms with Gasteiger partial charge in [0.1, 0.15) is 4.90 Å². The normalized spacial score (nSPS) is 20.7. The molecule has 0 radical (unpaired) electrons. The Morgan fingerprint density at radius 2 is 2.19 bits per heavy atom. The molecule has 5 nitrogen and oxygen atoms in total. The van der Waals surface area contributed by atoms with Gasteiger partial charge in [-0.25, -0.2) is 13.1 Å². The van der Waals surface area contributed by atoms with E-state index in [0.717, 1.165) is 6.42 Å². The largest absolute Gasteiger partial charge is 0.392 e. The molecule has 2 rings (SSSR count). The molecule has 2 N–H and O–H groups in total. The number of rotatable bonds is 5. The lowest BCUT2D eigenvalue weighted by Gasteiger charge is -2.20. The van der Waals surface area contributed by atoms with Crippen molar-refractivity contribution < 1.29 is 18.3 Å². The third kappa shape index (κ3) is 3.70. The predicted octanol–water partition coefficient (Wildman–Crippen LogP) is 2.19. The van der Waals surface area contributed by atoms with Crippen molar-refractivity contribution in [2.24, 2.45) is 5.92 Å². The van der Waals surface area contributed by atoms with Crippen LogP contribution in [0.3, 0.4) is 0 Å². The average molecular weight is 354 g/mol. The molecule has 0 spiro atoms. The van der Waals surface area contributed by atoms with Gasteiger partial charge in [0.05, 0.1) is 18.2 Å². The van der Waals surface area contributed by atoms with Gasteiger partial charge in [-0.1, -0.05) is 23.2 Å². The average Bonchev–Trinajstić information content (AvgIpc) is 2.92. The van der Waals surface area contributed by atoms with Crippen molar-refractivity contribution in [3.63, 3.8) is 0 Å². The molecule has 0 bridgehead atoms. The van der Waals surface area contributed by atoms with Gasteiger partial charge in [-0.05, 0) is 25.5 Å². The zero-order valence-electron chi connectivity index (χ0n) is 11.5. The summed E-state index contributed by atoms with van der Waals surface area (Å²) < 4.78 is 32.7. The van der Waals surface area contributed by atoms with Gasteiger partial charge in [-0.3, -0.25) is 0 Å². The first kappa shape index (κ1) is 17.0. The lowest BCUT2D eigenvalue weighted by Crippen LogP contribution is -2.38. The second kappa shape index (κ2) is 6.81. The van der Waals surface area contributed by atoms with E-state index in [0.29, 0.717) is 13.2 Å². The van der Waals surface area contributed by atoms with Crippen LogP contribution < -0.4 is 4.72 Å². The first-order valence-corrected chi connectivity index (χ1v) is 8.78. The minimum Gasteiger partial charge on any atom is -0.392 e. The maximum absolute atomic E-state index is 12.4. The fraction of sp³-hybridized carbons (Fsp3) is 0.538. The Labute approximate surface area is 134 Å². The van der Waals surface area contributed by atoms with Gasteiger partial charge in [0.25, 0.3) is 0 Å². The minimum atomic E-state index is -3.78. The van der Waals surface area contributed by atoms with Crippen LogP contribution in [0.5, 0.6) is 0 Å². The molecule has 1 aromatic carbocycles. The van der Waals surface area contributed by atoms with Crippen molar-refractivity contribution in [2.75, 3.05) is 13.2 Å². The Kier molecular flexibility index (Phi) is 5.51. The summed E-state index contributed by atoms with van der Waals surface area (Å²) in [7, 11) is -3.78. The molecule has 8 heteroatoms. The molecule has 118 valence electrons. The number of halogens is 2. The number of benzene rings is 1. The monoisotopic (exact) mass is 353 g/mol. The van der Waals surface area contributed by atoms with Crippen LogP contribution in [0.1, 0.15) is 18.9 Å². The molecule has 2 atom stereocenters. The lowest BCUT2D eigenvalue weighted by molar-refractivity contribution is 0.180. The van der Waals surface area contributed by atoms with Gasteiger partial charge in [-0.2, -0.15) is 0 Å². The van der Waals surface area contributed by atoms with E-state index in [9.17, 15) is 13.5 Å². The van der Waals surface area contributed by atoms with Crippen molar-refractivity contribution in [2.45, 2.75) is 30.9 Å². The molecular formula is C13H17Cl2NO4S. The van der Waals surface area contributed by atoms with Crippen LogP contribution in [0.25, 0.3) is 0 Å². The Balaban J connectivity index is 2.27. The van der Waals surface area contributed by atoms with Crippen molar-refractivity contribution >= 4 is 33.2 Å². The second-order valence-corrected chi connectivity index (χ2v) is 7.50. The van der Waals surface area contributed by atoms with Crippen LogP contribution in [0.2, 0.25) is 10.0 Å². The second-order valence-electron chi connectivity index (χ2n) is 5.03. The number of nitrogens with one attached hydrogen (secondary N) is 1. The van der Waals surface area contributed by atoms with Crippen LogP contribution in [-0.2, 0) is 21.4 Å². The number of sulfonamides is 1. The summed E-state index contributed by atoms with van der Waals surface area (Å²) in [6, 6.07) is 2.49. The quantitative estimate of drug-likeness (QED) is 0.850. The number of hydrogen-bond acceptors (Lipinski definition) is 4. The summed E-state index contributed by atoms with van der Waals surface area (Å²) in [4.78, 5) is -0.0802. The van der Waals surface area contributed by atoms with E-state index in [1.807, 2.05) is 0 Å². The smallest absolute Gasteiger partial charge is 0.242 e. The number of aliphatic hydroxyl groups is 1. The standard InChI is InChI=1S/C13H17Cl2NO4S/c1-8(9-4-5-20-7-9)16-21(18,19)12-3-2-11(14)10(6-17)13(12)15/h2-3,8-9,16-17H,4-7H2,1H3. The van der Waals surface area contributed by atoms with Crippen molar-refractivity contribution in [3.05, 3.63) is 27.7 Å². The van der Waals surface area contributed by atoms with Gasteiger partial charge in [0.15, 0.2) is 0 Å². The molecule has 1 fully saturated rings. The summed E-state index contributed by atoms with van der Waals surface area (Å²) in [6.45, 7) is 2.56. The number of hydrogen-bond donors (Lipinski definition) is 2. The summed E-state index contributed by atoms with van der Waals surface area (Å²) in [5, 5.41) is 9.43. The van der Waals surface area contributed by atoms with Crippen molar-refractivity contribution in [1.29, 1.82) is 0 Å². The first-order valence-electron chi connectivity index (χ1n) is 6.54. The molecule has 0 aliphatic carbocycles. The van der Waals surface area contributed by atoms with Gasteiger partial charge in [-0.15, -0.1) is 0 Å². The van der Waals surface area contributed by atoms with Crippen LogP contribution >= 0.6 is 23.2 Å². The van der Waals surface area contributed by atoms with Gasteiger partial charge >= 0.3 is 0 Å². The molecular weight excluding hydrogens is 337 g/mol. The molecule has 1 aliphatic heterocycles. The molecule has 1 heterocycles. The summed E-state index contributed by atoms with van der Waals surface area (Å²) in [5.74, 6) is 0.142. The van der Waals surface area contributed by atoms with Crippen LogP contribution in [0.4, 0.5) is 0 Å². The van der Waals surface area contributed by atoms with Gasteiger partial charge in [0, 0.05) is 29.2 Å². The van der Waals surface area contributed by atoms with E-state index in [2.05, 4.69) is 4.72 Å². The highest BCUT2D eigenvalue weighted by Gasteiger charge is 2.28. The third-order valence-corrected chi connectivity index (χ3v) is 6.11. The van der Waals surface area contributed by atoms with Crippen LogP contribution in [-0.4, -0.2) is 32.8 Å². The SMILES string of the molecule is CC(NS(=O)(=O)c1ccc(Cl)c(CO)c1Cl)C1CCOC1. The topological polar surface area (TPSA) is 75.6 Å². The lowest BCUT2D eigenvalue weighted by atomic mass is 10.0. The molecule has 21 heavy (non-hydrogen) atoms. The number of ether oxygens (including phenoxy) is 1. The highest BCUT2D eigenvalue weighted by atomic mass is 35.5. The minimum absolute atomic E-state index is 0.0487. The zero-order valence-corrected chi connectivity index (χ0v) is 13.8. The summed E-state index contributed by atoms with van der Waals surface area (Å²) in [5.41, 5.74) is 0.207. The van der Waals surface area contributed by atoms with E-state index in [-0.39, 0.29) is 32.5 Å². The highest BCUT2D eigenvalue weighted by Crippen LogP contribution is 2.31. The first-order chi connectivity index (χ1) is 9.86. The molecule has 0 saturated carbocycles. The third-order valence-electron chi connectivity index (χ3n) is 3.61. The van der Waals surface area contributed by atoms with E-state index >= 15 is 0 Å². The van der Waals surface area contributed by atoms with Gasteiger partial charge < -0.3 is 9.84 Å². The Morgan fingerprint density at radius 1 is 1.48 bits per heavy atom. The van der Waals surface area contributed by atoms with Crippen LogP contribution in [0.15, 0.2) is 17.0 Å². The molecule has 0 amide bonds. The van der Waals surface area contributed by atoms with E-state index in [1.165, 1.54) is 12.1 Å². The highest BCUT2D eigenvalue weighted by molar-refractivity contribution is 7.89. The van der Waals surface area contributed by atoms with Crippen LogP contribution in [0, 0.1) is 5.92 Å². The molecule has 2 unspecified atom stereocenters. The summed E-state index contributed by atoms with van der Waals surface area (Å²) in [6.07, 6.45) is 0.819.